The molecule has 0 aliphatic heterocycles. The molecular formula is C21H25N3O3. The molecule has 0 heterocycles. The highest BCUT2D eigenvalue weighted by Crippen LogP contribution is 2.24. The molecule has 2 aromatic carbocycles. The van der Waals surface area contributed by atoms with Crippen LogP contribution in [0.25, 0.3) is 0 Å². The molecule has 3 rings (SSSR count). The number of rotatable bonds is 8. The van der Waals surface area contributed by atoms with Crippen molar-refractivity contribution in [3.05, 3.63) is 60.2 Å². The number of hydrogen-bond acceptors (Lipinski definition) is 4. The van der Waals surface area contributed by atoms with Crippen LogP contribution in [0.1, 0.15) is 24.4 Å². The van der Waals surface area contributed by atoms with Gasteiger partial charge >= 0.3 is 0 Å². The zero-order valence-electron chi connectivity index (χ0n) is 15.6. The van der Waals surface area contributed by atoms with Gasteiger partial charge in [-0.2, -0.15) is 0 Å². The molecule has 1 saturated carbocycles. The molecule has 1 aliphatic carbocycles. The average molecular weight is 367 g/mol. The van der Waals surface area contributed by atoms with Gasteiger partial charge in [0.25, 0.3) is 0 Å². The van der Waals surface area contributed by atoms with E-state index >= 15 is 0 Å². The molecule has 6 heteroatoms. The fourth-order valence-corrected chi connectivity index (χ4v) is 2.97. The summed E-state index contributed by atoms with van der Waals surface area (Å²) in [5.41, 5.74) is 1.48. The van der Waals surface area contributed by atoms with E-state index in [2.05, 4.69) is 10.6 Å². The Balaban J connectivity index is 1.75. The molecule has 2 aromatic rings. The van der Waals surface area contributed by atoms with Crippen LogP contribution in [0.4, 0.5) is 5.69 Å². The molecule has 2 amide bonds. The van der Waals surface area contributed by atoms with E-state index in [1.54, 1.807) is 25.1 Å². The Morgan fingerprint density at radius 1 is 1.15 bits per heavy atom. The van der Waals surface area contributed by atoms with Gasteiger partial charge in [-0.25, -0.2) is 0 Å². The molecule has 1 aliphatic rings. The van der Waals surface area contributed by atoms with Crippen LogP contribution in [0.15, 0.2) is 54.6 Å². The highest BCUT2D eigenvalue weighted by Gasteiger charge is 2.29. The predicted molar refractivity (Wildman–Crippen MR) is 105 cm³/mol. The van der Waals surface area contributed by atoms with Gasteiger partial charge in [0, 0.05) is 17.8 Å². The number of carbonyl (C=O) groups is 2. The van der Waals surface area contributed by atoms with E-state index in [1.807, 2.05) is 48.5 Å². The van der Waals surface area contributed by atoms with E-state index in [0.717, 1.165) is 18.4 Å². The Morgan fingerprint density at radius 2 is 1.89 bits per heavy atom. The second-order valence-corrected chi connectivity index (χ2v) is 6.79. The maximum atomic E-state index is 13.0. The predicted octanol–water partition coefficient (Wildman–Crippen LogP) is 2.59. The third-order valence-electron chi connectivity index (χ3n) is 4.48. The minimum absolute atomic E-state index is 0.0601. The van der Waals surface area contributed by atoms with E-state index in [-0.39, 0.29) is 18.4 Å². The molecule has 0 saturated heterocycles. The minimum atomic E-state index is -0.581. The number of carbonyl (C=O) groups excluding carboxylic acids is 2. The summed E-state index contributed by atoms with van der Waals surface area (Å²) in [6.07, 6.45) is 2.07. The quantitative estimate of drug-likeness (QED) is 0.752. The Kier molecular flexibility index (Phi) is 6.08. The van der Waals surface area contributed by atoms with Crippen molar-refractivity contribution >= 4 is 17.5 Å². The lowest BCUT2D eigenvalue weighted by Crippen LogP contribution is -2.41. The van der Waals surface area contributed by atoms with Crippen molar-refractivity contribution in [3.63, 3.8) is 0 Å². The first kappa shape index (κ1) is 18.9. The highest BCUT2D eigenvalue weighted by atomic mass is 16.5. The van der Waals surface area contributed by atoms with Crippen molar-refractivity contribution < 1.29 is 14.3 Å². The summed E-state index contributed by atoms with van der Waals surface area (Å²) in [6, 6.07) is 16.4. The second-order valence-electron chi connectivity index (χ2n) is 6.79. The van der Waals surface area contributed by atoms with Gasteiger partial charge in [0.2, 0.25) is 11.8 Å². The third kappa shape index (κ3) is 5.31. The number of hydrogen-bond donors (Lipinski definition) is 2. The first-order valence-corrected chi connectivity index (χ1v) is 9.06. The number of benzene rings is 2. The zero-order chi connectivity index (χ0) is 19.2. The van der Waals surface area contributed by atoms with Gasteiger partial charge in [0.1, 0.15) is 11.8 Å². The van der Waals surface area contributed by atoms with E-state index < -0.39 is 6.04 Å². The number of anilines is 1. The normalized spacial score (nSPS) is 14.5. The Morgan fingerprint density at radius 3 is 2.56 bits per heavy atom. The lowest BCUT2D eigenvalue weighted by molar-refractivity contribution is -0.125. The monoisotopic (exact) mass is 367 g/mol. The van der Waals surface area contributed by atoms with Crippen molar-refractivity contribution in [3.8, 4) is 5.75 Å². The molecule has 1 atom stereocenters. The molecule has 0 bridgehead atoms. The number of amides is 2. The summed E-state index contributed by atoms with van der Waals surface area (Å²) in [7, 11) is 3.37. The first-order chi connectivity index (χ1) is 13.1. The van der Waals surface area contributed by atoms with Gasteiger partial charge in [-0.1, -0.05) is 36.4 Å². The molecule has 2 N–H and O–H groups in total. The van der Waals surface area contributed by atoms with E-state index in [9.17, 15) is 9.59 Å². The van der Waals surface area contributed by atoms with Crippen LogP contribution in [0, 0.1) is 0 Å². The van der Waals surface area contributed by atoms with Gasteiger partial charge in [0.15, 0.2) is 0 Å². The van der Waals surface area contributed by atoms with E-state index in [1.165, 1.54) is 0 Å². The smallest absolute Gasteiger partial charge is 0.246 e. The van der Waals surface area contributed by atoms with E-state index in [4.69, 9.17) is 4.74 Å². The van der Waals surface area contributed by atoms with Crippen LogP contribution >= 0.6 is 0 Å². The zero-order valence-corrected chi connectivity index (χ0v) is 15.6. The summed E-state index contributed by atoms with van der Waals surface area (Å²) < 4.78 is 5.21. The molecule has 0 aromatic heterocycles. The maximum Gasteiger partial charge on any atom is 0.246 e. The second kappa shape index (κ2) is 8.68. The van der Waals surface area contributed by atoms with Crippen molar-refractivity contribution in [1.29, 1.82) is 0 Å². The molecule has 0 unspecified atom stereocenters. The number of methoxy groups -OCH3 is 1. The average Bonchev–Trinajstić information content (AvgIpc) is 3.46. The SMILES string of the molecule is COc1cccc(NC(=O)[C@H](c2ccccc2)N(C)CC(=O)NC2CC2)c1. The fraction of sp³-hybridized carbons (Fsp3) is 0.333. The van der Waals surface area contributed by atoms with Crippen LogP contribution in [-0.4, -0.2) is 43.5 Å². The molecule has 6 nitrogen and oxygen atoms in total. The molecule has 0 spiro atoms. The number of ether oxygens (including phenoxy) is 1. The van der Waals surface area contributed by atoms with Crippen LogP contribution < -0.4 is 15.4 Å². The molecule has 1 fully saturated rings. The van der Waals surface area contributed by atoms with Crippen LogP contribution in [0.3, 0.4) is 0 Å². The third-order valence-corrected chi connectivity index (χ3v) is 4.48. The number of nitrogens with one attached hydrogen (secondary N) is 2. The van der Waals surface area contributed by atoms with E-state index in [0.29, 0.717) is 17.5 Å². The Hall–Kier alpha value is -2.86. The Bertz CT molecular complexity index is 790. The highest BCUT2D eigenvalue weighted by molar-refractivity contribution is 5.96. The van der Waals surface area contributed by atoms with Crippen LogP contribution in [-0.2, 0) is 9.59 Å². The molecular weight excluding hydrogens is 342 g/mol. The van der Waals surface area contributed by atoms with Crippen molar-refractivity contribution in [2.24, 2.45) is 0 Å². The summed E-state index contributed by atoms with van der Waals surface area (Å²) in [5.74, 6) is 0.410. The van der Waals surface area contributed by atoms with Crippen LogP contribution in [0.5, 0.6) is 5.75 Å². The van der Waals surface area contributed by atoms with Gasteiger partial charge in [-0.05, 0) is 37.6 Å². The van der Waals surface area contributed by atoms with Gasteiger partial charge < -0.3 is 15.4 Å². The summed E-state index contributed by atoms with van der Waals surface area (Å²) in [4.78, 5) is 27.0. The largest absolute Gasteiger partial charge is 0.497 e. The topological polar surface area (TPSA) is 70.7 Å². The lowest BCUT2D eigenvalue weighted by atomic mass is 10.0. The van der Waals surface area contributed by atoms with Gasteiger partial charge in [-0.15, -0.1) is 0 Å². The van der Waals surface area contributed by atoms with Crippen LogP contribution in [0.2, 0.25) is 0 Å². The molecule has 27 heavy (non-hydrogen) atoms. The standard InChI is InChI=1S/C21H25N3O3/c1-24(14-19(25)22-16-11-12-16)20(15-7-4-3-5-8-15)21(26)23-17-9-6-10-18(13-17)27-2/h3-10,13,16,20H,11-12,14H2,1-2H3,(H,22,25)(H,23,26)/t20-/m0/s1. The summed E-state index contributed by atoms with van der Waals surface area (Å²) in [6.45, 7) is 0.154. The lowest BCUT2D eigenvalue weighted by Gasteiger charge is -2.27. The Labute approximate surface area is 159 Å². The summed E-state index contributed by atoms with van der Waals surface area (Å²) >= 11 is 0. The minimum Gasteiger partial charge on any atom is -0.497 e. The number of nitrogens with zero attached hydrogens (tertiary/aromatic N) is 1. The van der Waals surface area contributed by atoms with Gasteiger partial charge in [0.05, 0.1) is 13.7 Å². The maximum absolute atomic E-state index is 13.0. The number of likely N-dealkylation sites (N-methyl/N-ethyl adjacent to an activating group) is 1. The fourth-order valence-electron chi connectivity index (χ4n) is 2.97. The molecule has 0 radical (unpaired) electrons. The van der Waals surface area contributed by atoms with Crippen molar-refractivity contribution in [2.45, 2.75) is 24.9 Å². The van der Waals surface area contributed by atoms with Crippen molar-refractivity contribution in [2.75, 3.05) is 26.0 Å². The summed E-state index contributed by atoms with van der Waals surface area (Å²) in [5, 5.41) is 5.90. The molecule has 142 valence electrons. The first-order valence-electron chi connectivity index (χ1n) is 9.06. The van der Waals surface area contributed by atoms with Gasteiger partial charge in [-0.3, -0.25) is 14.5 Å². The van der Waals surface area contributed by atoms with Crippen molar-refractivity contribution in [1.82, 2.24) is 10.2 Å².